The predicted octanol–water partition coefficient (Wildman–Crippen LogP) is 2.76. The molecule has 7 nitrogen and oxygen atoms in total. The van der Waals surface area contributed by atoms with Crippen molar-refractivity contribution in [2.24, 2.45) is 5.92 Å². The van der Waals surface area contributed by atoms with Gasteiger partial charge in [0.1, 0.15) is 11.6 Å². The maximum Gasteiger partial charge on any atom is 0.330 e. The molecule has 2 rings (SSSR count). The highest BCUT2D eigenvalue weighted by atomic mass is 19.1. The van der Waals surface area contributed by atoms with E-state index in [-0.39, 0.29) is 24.0 Å². The van der Waals surface area contributed by atoms with Gasteiger partial charge < -0.3 is 10.6 Å². The summed E-state index contributed by atoms with van der Waals surface area (Å²) in [5, 5.41) is 0. The molecule has 0 aliphatic rings. The minimum atomic E-state index is -0.712. The van der Waals surface area contributed by atoms with Crippen LogP contribution in [-0.2, 0) is 11.3 Å². The molecule has 1 heterocycles. The van der Waals surface area contributed by atoms with Crippen molar-refractivity contribution in [1.29, 1.82) is 0 Å². The van der Waals surface area contributed by atoms with Gasteiger partial charge >= 0.3 is 5.69 Å². The molecule has 156 valence electrons. The molecule has 1 amide bonds. The van der Waals surface area contributed by atoms with Crippen molar-refractivity contribution in [2.45, 2.75) is 40.2 Å². The van der Waals surface area contributed by atoms with Gasteiger partial charge in [0.2, 0.25) is 0 Å². The number of amides is 1. The maximum atomic E-state index is 13.4. The molecule has 0 fully saturated rings. The lowest BCUT2D eigenvalue weighted by molar-refractivity contribution is -0.114. The fraction of sp³-hybridized carbons (Fsp3) is 0.381. The number of benzene rings is 1. The van der Waals surface area contributed by atoms with Gasteiger partial charge in [0, 0.05) is 19.2 Å². The van der Waals surface area contributed by atoms with Gasteiger partial charge in [-0.05, 0) is 36.1 Å². The summed E-state index contributed by atoms with van der Waals surface area (Å²) in [5.41, 5.74) is 5.29. The van der Waals surface area contributed by atoms with Crippen LogP contribution in [-0.4, -0.2) is 22.0 Å². The van der Waals surface area contributed by atoms with Crippen LogP contribution in [0.1, 0.15) is 39.2 Å². The number of hydrogen-bond donors (Lipinski definition) is 2. The van der Waals surface area contributed by atoms with E-state index in [0.29, 0.717) is 18.5 Å². The number of anilines is 2. The summed E-state index contributed by atoms with van der Waals surface area (Å²) >= 11 is 0. The van der Waals surface area contributed by atoms with Gasteiger partial charge in [-0.25, -0.2) is 9.18 Å². The Labute approximate surface area is 168 Å². The number of aromatic nitrogens is 2. The smallest absolute Gasteiger partial charge is 0.330 e. The van der Waals surface area contributed by atoms with Gasteiger partial charge in [0.25, 0.3) is 11.5 Å². The van der Waals surface area contributed by atoms with Crippen molar-refractivity contribution >= 4 is 23.5 Å². The van der Waals surface area contributed by atoms with E-state index < -0.39 is 23.0 Å². The summed E-state index contributed by atoms with van der Waals surface area (Å²) in [6, 6.07) is 5.81. The Morgan fingerprint density at radius 3 is 2.69 bits per heavy atom. The number of nitrogens with one attached hydrogen (secondary N) is 1. The van der Waals surface area contributed by atoms with E-state index in [1.807, 2.05) is 20.8 Å². The molecule has 0 radical (unpaired) electrons. The number of nitrogens with two attached hydrogens (primary N) is 1. The van der Waals surface area contributed by atoms with Gasteiger partial charge in [-0.2, -0.15) is 0 Å². The van der Waals surface area contributed by atoms with Crippen LogP contribution >= 0.6 is 0 Å². The van der Waals surface area contributed by atoms with Crippen LogP contribution in [0.5, 0.6) is 0 Å². The lowest BCUT2D eigenvalue weighted by Gasteiger charge is -2.23. The summed E-state index contributed by atoms with van der Waals surface area (Å²) in [4.78, 5) is 41.1. The number of H-pyrrole nitrogens is 1. The van der Waals surface area contributed by atoms with Crippen LogP contribution in [0.15, 0.2) is 39.9 Å². The number of carbonyl (C=O) groups excluding carboxylic acids is 1. The van der Waals surface area contributed by atoms with Crippen LogP contribution in [0.4, 0.5) is 15.9 Å². The number of nitrogens with zero attached hydrogens (tertiary/aromatic N) is 2. The molecular formula is C21H27FN4O3. The Hall–Kier alpha value is -3.16. The first-order valence-electron chi connectivity index (χ1n) is 9.62. The normalized spacial score (nSPS) is 11.3. The van der Waals surface area contributed by atoms with Crippen LogP contribution in [0.2, 0.25) is 0 Å². The van der Waals surface area contributed by atoms with E-state index in [4.69, 9.17) is 5.73 Å². The Morgan fingerprint density at radius 1 is 1.34 bits per heavy atom. The lowest BCUT2D eigenvalue weighted by Crippen LogP contribution is -2.41. The fourth-order valence-electron chi connectivity index (χ4n) is 2.90. The van der Waals surface area contributed by atoms with Crippen molar-refractivity contribution in [3.05, 3.63) is 62.6 Å². The standard InChI is InChI=1S/C21H27FN4O3/c1-4-5-11-25(17(27)10-9-15-7-6-8-16(22)12-15)18-19(23)26(13-14(2)3)21(29)24-20(18)28/h6-10,12,14H,4-5,11,13,23H2,1-3H3,(H,24,28,29)/b10-9+. The number of unbranched alkanes of at least 4 members (excludes halogenated alkanes) is 1. The predicted molar refractivity (Wildman–Crippen MR) is 113 cm³/mol. The second-order valence-electron chi connectivity index (χ2n) is 7.23. The third-order valence-corrected chi connectivity index (χ3v) is 4.30. The minimum absolute atomic E-state index is 0.0453. The zero-order valence-corrected chi connectivity index (χ0v) is 16.9. The summed E-state index contributed by atoms with van der Waals surface area (Å²) < 4.78 is 14.6. The van der Waals surface area contributed by atoms with E-state index in [1.54, 1.807) is 12.1 Å². The molecule has 1 aromatic carbocycles. The Kier molecular flexibility index (Phi) is 7.52. The maximum absolute atomic E-state index is 13.4. The number of hydrogen-bond acceptors (Lipinski definition) is 4. The van der Waals surface area contributed by atoms with Crippen LogP contribution in [0.3, 0.4) is 0 Å². The highest BCUT2D eigenvalue weighted by Gasteiger charge is 2.22. The Morgan fingerprint density at radius 2 is 2.07 bits per heavy atom. The first kappa shape index (κ1) is 22.1. The Balaban J connectivity index is 2.47. The summed E-state index contributed by atoms with van der Waals surface area (Å²) in [7, 11) is 0. The molecule has 0 aliphatic heterocycles. The molecule has 0 atom stereocenters. The SMILES string of the molecule is CCCCN(C(=O)/C=C/c1cccc(F)c1)c1c(N)n(CC(C)C)c(=O)[nH]c1=O. The molecule has 0 spiro atoms. The lowest BCUT2D eigenvalue weighted by atomic mass is 10.2. The highest BCUT2D eigenvalue weighted by Crippen LogP contribution is 2.19. The van der Waals surface area contributed by atoms with Crippen LogP contribution in [0, 0.1) is 11.7 Å². The molecular weight excluding hydrogens is 375 g/mol. The summed E-state index contributed by atoms with van der Waals surface area (Å²) in [6.07, 6.45) is 4.17. The van der Waals surface area contributed by atoms with Crippen molar-refractivity contribution in [2.75, 3.05) is 17.2 Å². The second kappa shape index (κ2) is 9.86. The van der Waals surface area contributed by atoms with Crippen molar-refractivity contribution < 1.29 is 9.18 Å². The third-order valence-electron chi connectivity index (χ3n) is 4.30. The zero-order valence-electron chi connectivity index (χ0n) is 16.9. The van der Waals surface area contributed by atoms with Gasteiger partial charge in [0.15, 0.2) is 5.69 Å². The van der Waals surface area contributed by atoms with E-state index in [2.05, 4.69) is 4.98 Å². The molecule has 0 unspecified atom stereocenters. The van der Waals surface area contributed by atoms with Crippen molar-refractivity contribution in [3.8, 4) is 0 Å². The van der Waals surface area contributed by atoms with E-state index in [0.717, 1.165) is 6.42 Å². The highest BCUT2D eigenvalue weighted by molar-refractivity contribution is 6.05. The average Bonchev–Trinajstić information content (AvgIpc) is 2.65. The molecule has 1 aromatic heterocycles. The quantitative estimate of drug-likeness (QED) is 0.663. The largest absolute Gasteiger partial charge is 0.383 e. The zero-order chi connectivity index (χ0) is 21.6. The molecule has 0 aliphatic carbocycles. The third kappa shape index (κ3) is 5.66. The number of halogens is 1. The molecule has 8 heteroatoms. The topological polar surface area (TPSA) is 101 Å². The molecule has 0 saturated heterocycles. The van der Waals surface area contributed by atoms with Crippen LogP contribution < -0.4 is 21.9 Å². The molecule has 0 saturated carbocycles. The number of rotatable bonds is 8. The first-order valence-corrected chi connectivity index (χ1v) is 9.62. The molecule has 2 aromatic rings. The molecule has 0 bridgehead atoms. The fourth-order valence-corrected chi connectivity index (χ4v) is 2.90. The van der Waals surface area contributed by atoms with E-state index >= 15 is 0 Å². The van der Waals surface area contributed by atoms with E-state index in [9.17, 15) is 18.8 Å². The second-order valence-corrected chi connectivity index (χ2v) is 7.23. The Bertz CT molecular complexity index is 1010. The summed E-state index contributed by atoms with van der Waals surface area (Å²) in [6.45, 7) is 6.36. The number of carbonyl (C=O) groups is 1. The van der Waals surface area contributed by atoms with Gasteiger partial charge in [0.05, 0.1) is 0 Å². The van der Waals surface area contributed by atoms with Crippen LogP contribution in [0.25, 0.3) is 6.08 Å². The summed E-state index contributed by atoms with van der Waals surface area (Å²) in [5.74, 6) is -0.823. The number of nitrogen functional groups attached to an aromatic ring is 1. The average molecular weight is 402 g/mol. The first-order chi connectivity index (χ1) is 13.7. The monoisotopic (exact) mass is 402 g/mol. The molecule has 29 heavy (non-hydrogen) atoms. The van der Waals surface area contributed by atoms with Crippen molar-refractivity contribution in [3.63, 3.8) is 0 Å². The van der Waals surface area contributed by atoms with Gasteiger partial charge in [-0.15, -0.1) is 0 Å². The molecule has 3 N–H and O–H groups in total. The van der Waals surface area contributed by atoms with Gasteiger partial charge in [-0.3, -0.25) is 19.1 Å². The van der Waals surface area contributed by atoms with Gasteiger partial charge in [-0.1, -0.05) is 39.3 Å². The van der Waals surface area contributed by atoms with E-state index in [1.165, 1.54) is 33.8 Å². The number of aromatic amines is 1. The minimum Gasteiger partial charge on any atom is -0.383 e. The van der Waals surface area contributed by atoms with Crippen molar-refractivity contribution in [1.82, 2.24) is 9.55 Å².